The minimum absolute atomic E-state index is 0.0884. The number of hydrogen-bond acceptors (Lipinski definition) is 3. The molecule has 1 heterocycles. The lowest BCUT2D eigenvalue weighted by Crippen LogP contribution is -2.34. The van der Waals surface area contributed by atoms with E-state index in [2.05, 4.69) is 26.6 Å². The number of anilines is 1. The molecule has 5 heteroatoms. The molecule has 1 aromatic rings. The molecule has 1 fully saturated rings. The van der Waals surface area contributed by atoms with E-state index in [1.807, 2.05) is 18.2 Å². The van der Waals surface area contributed by atoms with Gasteiger partial charge in [0.2, 0.25) is 5.91 Å². The Morgan fingerprint density at radius 3 is 2.83 bits per heavy atom. The number of ether oxygens (including phenoxy) is 1. The van der Waals surface area contributed by atoms with Crippen LogP contribution in [-0.2, 0) is 4.79 Å². The van der Waals surface area contributed by atoms with Gasteiger partial charge in [-0.25, -0.2) is 0 Å². The molecule has 1 saturated heterocycles. The first-order valence-electron chi connectivity index (χ1n) is 6.06. The van der Waals surface area contributed by atoms with Gasteiger partial charge in [-0.15, -0.1) is 0 Å². The molecule has 0 radical (unpaired) electrons. The fourth-order valence-corrected chi connectivity index (χ4v) is 2.39. The summed E-state index contributed by atoms with van der Waals surface area (Å²) in [5.41, 5.74) is 0.762. The topological polar surface area (TPSA) is 50.4 Å². The highest BCUT2D eigenvalue weighted by atomic mass is 79.9. The Bertz CT molecular complexity index is 431. The smallest absolute Gasteiger partial charge is 0.227 e. The van der Waals surface area contributed by atoms with Crippen LogP contribution in [0.2, 0.25) is 0 Å². The van der Waals surface area contributed by atoms with Crippen molar-refractivity contribution in [2.75, 3.05) is 25.5 Å². The summed E-state index contributed by atoms with van der Waals surface area (Å²) in [6.45, 7) is 1.83. The van der Waals surface area contributed by atoms with Crippen molar-refractivity contribution in [3.05, 3.63) is 22.7 Å². The third kappa shape index (κ3) is 3.23. The molecule has 0 saturated carbocycles. The molecule has 2 N–H and O–H groups in total. The van der Waals surface area contributed by atoms with Crippen molar-refractivity contribution < 1.29 is 9.53 Å². The van der Waals surface area contributed by atoms with Gasteiger partial charge in [0.05, 0.1) is 12.8 Å². The van der Waals surface area contributed by atoms with Crippen LogP contribution >= 0.6 is 15.9 Å². The molecular weight excluding hydrogens is 296 g/mol. The Kier molecular flexibility index (Phi) is 4.60. The van der Waals surface area contributed by atoms with Gasteiger partial charge in [0.15, 0.2) is 0 Å². The monoisotopic (exact) mass is 312 g/mol. The van der Waals surface area contributed by atoms with Crippen LogP contribution < -0.4 is 15.4 Å². The van der Waals surface area contributed by atoms with E-state index in [4.69, 9.17) is 4.74 Å². The number of benzene rings is 1. The van der Waals surface area contributed by atoms with Crippen LogP contribution in [-0.4, -0.2) is 26.1 Å². The SMILES string of the molecule is COc1ccc(Br)c(NC(=O)C2CCNCC2)c1. The Morgan fingerprint density at radius 1 is 1.44 bits per heavy atom. The summed E-state index contributed by atoms with van der Waals surface area (Å²) in [6, 6.07) is 5.55. The van der Waals surface area contributed by atoms with Crippen LogP contribution in [0.5, 0.6) is 5.75 Å². The highest BCUT2D eigenvalue weighted by molar-refractivity contribution is 9.10. The third-order valence-electron chi connectivity index (χ3n) is 3.14. The Morgan fingerprint density at radius 2 is 2.17 bits per heavy atom. The van der Waals surface area contributed by atoms with Gasteiger partial charge >= 0.3 is 0 Å². The van der Waals surface area contributed by atoms with E-state index in [0.29, 0.717) is 0 Å². The number of methoxy groups -OCH3 is 1. The number of rotatable bonds is 3. The molecule has 1 aliphatic heterocycles. The molecular formula is C13H17BrN2O2. The molecule has 18 heavy (non-hydrogen) atoms. The Balaban J connectivity index is 2.05. The molecule has 1 aliphatic rings. The molecule has 4 nitrogen and oxygen atoms in total. The van der Waals surface area contributed by atoms with Crippen molar-refractivity contribution >= 4 is 27.5 Å². The molecule has 2 rings (SSSR count). The number of nitrogens with one attached hydrogen (secondary N) is 2. The number of hydrogen-bond donors (Lipinski definition) is 2. The molecule has 0 bridgehead atoms. The zero-order chi connectivity index (χ0) is 13.0. The highest BCUT2D eigenvalue weighted by Crippen LogP contribution is 2.28. The summed E-state index contributed by atoms with van der Waals surface area (Å²) >= 11 is 3.43. The lowest BCUT2D eigenvalue weighted by atomic mass is 9.97. The number of halogens is 1. The van der Waals surface area contributed by atoms with Crippen molar-refractivity contribution in [2.45, 2.75) is 12.8 Å². The third-order valence-corrected chi connectivity index (χ3v) is 3.83. The number of carbonyl (C=O) groups is 1. The van der Waals surface area contributed by atoms with Crippen LogP contribution in [0.3, 0.4) is 0 Å². The van der Waals surface area contributed by atoms with E-state index in [0.717, 1.165) is 41.8 Å². The van der Waals surface area contributed by atoms with E-state index >= 15 is 0 Å². The van der Waals surface area contributed by atoms with E-state index in [-0.39, 0.29) is 11.8 Å². The van der Waals surface area contributed by atoms with E-state index in [1.165, 1.54) is 0 Å². The molecule has 1 aromatic carbocycles. The van der Waals surface area contributed by atoms with Gasteiger partial charge in [-0.05, 0) is 54.0 Å². The second-order valence-electron chi connectivity index (χ2n) is 4.36. The van der Waals surface area contributed by atoms with Crippen molar-refractivity contribution in [1.29, 1.82) is 0 Å². The molecule has 0 unspecified atom stereocenters. The zero-order valence-electron chi connectivity index (χ0n) is 10.3. The predicted molar refractivity (Wildman–Crippen MR) is 74.9 cm³/mol. The van der Waals surface area contributed by atoms with Gasteiger partial charge in [-0.2, -0.15) is 0 Å². The fourth-order valence-electron chi connectivity index (χ4n) is 2.05. The molecule has 0 atom stereocenters. The second kappa shape index (κ2) is 6.20. The highest BCUT2D eigenvalue weighted by Gasteiger charge is 2.21. The van der Waals surface area contributed by atoms with Crippen molar-refractivity contribution in [3.63, 3.8) is 0 Å². The Labute approximate surface area is 115 Å². The number of piperidine rings is 1. The van der Waals surface area contributed by atoms with Crippen LogP contribution in [0.15, 0.2) is 22.7 Å². The summed E-state index contributed by atoms with van der Waals surface area (Å²) in [4.78, 5) is 12.1. The van der Waals surface area contributed by atoms with Crippen molar-refractivity contribution in [1.82, 2.24) is 5.32 Å². The predicted octanol–water partition coefficient (Wildman–Crippen LogP) is 2.40. The maximum atomic E-state index is 12.1. The van der Waals surface area contributed by atoms with Crippen LogP contribution in [0.1, 0.15) is 12.8 Å². The molecule has 0 spiro atoms. The maximum Gasteiger partial charge on any atom is 0.227 e. The minimum atomic E-state index is 0.0884. The summed E-state index contributed by atoms with van der Waals surface area (Å²) in [6.07, 6.45) is 1.79. The average Bonchev–Trinajstić information content (AvgIpc) is 2.42. The van der Waals surface area contributed by atoms with E-state index < -0.39 is 0 Å². The fraction of sp³-hybridized carbons (Fsp3) is 0.462. The van der Waals surface area contributed by atoms with Crippen molar-refractivity contribution in [2.24, 2.45) is 5.92 Å². The van der Waals surface area contributed by atoms with Gasteiger partial charge in [0.25, 0.3) is 0 Å². The van der Waals surface area contributed by atoms with Crippen LogP contribution in [0, 0.1) is 5.92 Å². The van der Waals surface area contributed by atoms with E-state index in [9.17, 15) is 4.79 Å². The molecule has 98 valence electrons. The lowest BCUT2D eigenvalue weighted by molar-refractivity contribution is -0.120. The van der Waals surface area contributed by atoms with Crippen LogP contribution in [0.4, 0.5) is 5.69 Å². The first-order valence-corrected chi connectivity index (χ1v) is 6.85. The first kappa shape index (κ1) is 13.4. The summed E-state index contributed by atoms with van der Waals surface area (Å²) in [5.74, 6) is 0.925. The second-order valence-corrected chi connectivity index (χ2v) is 5.21. The quantitative estimate of drug-likeness (QED) is 0.901. The van der Waals surface area contributed by atoms with E-state index in [1.54, 1.807) is 7.11 Å². The van der Waals surface area contributed by atoms with Gasteiger partial charge in [-0.3, -0.25) is 4.79 Å². The van der Waals surface area contributed by atoms with Crippen LogP contribution in [0.25, 0.3) is 0 Å². The average molecular weight is 313 g/mol. The normalized spacial score (nSPS) is 16.3. The summed E-state index contributed by atoms with van der Waals surface area (Å²) in [7, 11) is 1.61. The van der Waals surface area contributed by atoms with Crippen molar-refractivity contribution in [3.8, 4) is 5.75 Å². The number of amides is 1. The zero-order valence-corrected chi connectivity index (χ0v) is 11.9. The lowest BCUT2D eigenvalue weighted by Gasteiger charge is -2.22. The summed E-state index contributed by atoms with van der Waals surface area (Å²) < 4.78 is 6.02. The first-order chi connectivity index (χ1) is 8.70. The largest absolute Gasteiger partial charge is 0.497 e. The van der Waals surface area contributed by atoms with Gasteiger partial charge < -0.3 is 15.4 Å². The van der Waals surface area contributed by atoms with Gasteiger partial charge in [-0.1, -0.05) is 0 Å². The Hall–Kier alpha value is -1.07. The molecule has 1 amide bonds. The van der Waals surface area contributed by atoms with Gasteiger partial charge in [0.1, 0.15) is 5.75 Å². The molecule has 0 aromatic heterocycles. The standard InChI is InChI=1S/C13H17BrN2O2/c1-18-10-2-3-11(14)12(8-10)16-13(17)9-4-6-15-7-5-9/h2-3,8-9,15H,4-7H2,1H3,(H,16,17). The maximum absolute atomic E-state index is 12.1. The number of carbonyl (C=O) groups excluding carboxylic acids is 1. The summed E-state index contributed by atoms with van der Waals surface area (Å²) in [5, 5.41) is 6.21. The van der Waals surface area contributed by atoms with Gasteiger partial charge in [0, 0.05) is 16.5 Å². The molecule has 0 aliphatic carbocycles. The minimum Gasteiger partial charge on any atom is -0.497 e.